The second kappa shape index (κ2) is 5.93. The van der Waals surface area contributed by atoms with Gasteiger partial charge in [0.05, 0.1) is 0 Å². The summed E-state index contributed by atoms with van der Waals surface area (Å²) < 4.78 is 0. The Kier molecular flexibility index (Phi) is 3.75. The van der Waals surface area contributed by atoms with Crippen LogP contribution in [0, 0.1) is 5.92 Å². The number of rotatable bonds is 4. The predicted molar refractivity (Wildman–Crippen MR) is 93.5 cm³/mol. The van der Waals surface area contributed by atoms with E-state index in [9.17, 15) is 9.90 Å². The zero-order valence-corrected chi connectivity index (χ0v) is 13.9. The lowest BCUT2D eigenvalue weighted by atomic mass is 9.93. The number of anilines is 1. The molecule has 1 aliphatic carbocycles. The van der Waals surface area contributed by atoms with Gasteiger partial charge in [-0.05, 0) is 54.5 Å². The van der Waals surface area contributed by atoms with Gasteiger partial charge < -0.3 is 10.0 Å². The number of aromatic carboxylic acids is 1. The number of nitrogens with zero attached hydrogens (tertiary/aromatic N) is 2. The third kappa shape index (κ3) is 3.01. The normalized spacial score (nSPS) is 19.9. The van der Waals surface area contributed by atoms with Crippen LogP contribution in [0.5, 0.6) is 0 Å². The van der Waals surface area contributed by atoms with Gasteiger partial charge in [0.25, 0.3) is 0 Å². The van der Waals surface area contributed by atoms with E-state index in [0.717, 1.165) is 43.6 Å². The van der Waals surface area contributed by atoms with Crippen LogP contribution < -0.4 is 4.90 Å². The molecular weight excluding hydrogens is 300 g/mol. The molecule has 1 saturated carbocycles. The number of fused-ring (bicyclic) bond motifs is 1. The fraction of sp³-hybridized carbons (Fsp3) is 0.400. The number of hydrogen-bond donors (Lipinski definition) is 1. The van der Waals surface area contributed by atoms with E-state index in [1.165, 1.54) is 11.3 Å². The lowest BCUT2D eigenvalue weighted by Gasteiger charge is -2.35. The fourth-order valence-electron chi connectivity index (χ4n) is 3.68. The summed E-state index contributed by atoms with van der Waals surface area (Å²) in [6.07, 6.45) is 3.36. The third-order valence-corrected chi connectivity index (χ3v) is 4.93. The van der Waals surface area contributed by atoms with Gasteiger partial charge >= 0.3 is 5.97 Å². The highest BCUT2D eigenvalue weighted by Crippen LogP contribution is 2.39. The number of pyridine rings is 1. The van der Waals surface area contributed by atoms with E-state index < -0.39 is 5.97 Å². The van der Waals surface area contributed by atoms with Crippen LogP contribution in [0.2, 0.25) is 0 Å². The van der Waals surface area contributed by atoms with E-state index in [4.69, 9.17) is 0 Å². The smallest absolute Gasteiger partial charge is 0.354 e. The largest absolute Gasteiger partial charge is 0.477 e. The molecule has 4 heteroatoms. The van der Waals surface area contributed by atoms with Gasteiger partial charge in [-0.2, -0.15) is 0 Å². The van der Waals surface area contributed by atoms with Crippen molar-refractivity contribution in [2.24, 2.45) is 5.92 Å². The molecule has 0 saturated heterocycles. The Morgan fingerprint density at radius 3 is 2.83 bits per heavy atom. The summed E-state index contributed by atoms with van der Waals surface area (Å²) in [6.45, 7) is 4.01. The maximum atomic E-state index is 11.4. The van der Waals surface area contributed by atoms with Crippen molar-refractivity contribution in [2.75, 3.05) is 11.4 Å². The number of benzene rings is 1. The minimum absolute atomic E-state index is 0.174. The Bertz CT molecular complexity index is 783. The van der Waals surface area contributed by atoms with E-state index in [0.29, 0.717) is 11.8 Å². The van der Waals surface area contributed by atoms with Crippen molar-refractivity contribution >= 4 is 11.7 Å². The average molecular weight is 322 g/mol. The molecule has 24 heavy (non-hydrogen) atoms. The Morgan fingerprint density at radius 1 is 1.29 bits per heavy atom. The molecule has 0 radical (unpaired) electrons. The Morgan fingerprint density at radius 2 is 2.08 bits per heavy atom. The molecule has 4 nitrogen and oxygen atoms in total. The van der Waals surface area contributed by atoms with Gasteiger partial charge in [0.2, 0.25) is 0 Å². The Balaban J connectivity index is 1.66. The molecule has 1 aromatic heterocycles. The molecule has 0 amide bonds. The van der Waals surface area contributed by atoms with Crippen molar-refractivity contribution in [3.63, 3.8) is 0 Å². The molecule has 2 aromatic rings. The highest BCUT2D eigenvalue weighted by atomic mass is 16.4. The van der Waals surface area contributed by atoms with Crippen LogP contribution in [-0.4, -0.2) is 22.6 Å². The van der Waals surface area contributed by atoms with Gasteiger partial charge in [-0.15, -0.1) is 0 Å². The summed E-state index contributed by atoms with van der Waals surface area (Å²) in [6, 6.07) is 12.4. The minimum atomic E-state index is -0.939. The van der Waals surface area contributed by atoms with Gasteiger partial charge in [-0.1, -0.05) is 25.1 Å². The number of hydrogen-bond acceptors (Lipinski definition) is 3. The third-order valence-electron chi connectivity index (χ3n) is 4.93. The van der Waals surface area contributed by atoms with Gasteiger partial charge in [0.1, 0.15) is 5.69 Å². The zero-order valence-electron chi connectivity index (χ0n) is 13.9. The van der Waals surface area contributed by atoms with Crippen molar-refractivity contribution in [2.45, 2.75) is 38.6 Å². The molecule has 1 aliphatic heterocycles. The summed E-state index contributed by atoms with van der Waals surface area (Å²) >= 11 is 0. The van der Waals surface area contributed by atoms with Crippen molar-refractivity contribution in [1.82, 2.24) is 4.98 Å². The van der Waals surface area contributed by atoms with Gasteiger partial charge in [0, 0.05) is 30.4 Å². The molecule has 1 aromatic carbocycles. The topological polar surface area (TPSA) is 53.4 Å². The summed E-state index contributed by atoms with van der Waals surface area (Å²) in [7, 11) is 0. The monoisotopic (exact) mass is 322 g/mol. The first-order valence-corrected chi connectivity index (χ1v) is 8.67. The SMILES string of the molecule is CC1Cc2ccccc2N(Cc2cc(C(=O)O)nc(C3CC3)c2)C1. The quantitative estimate of drug-likeness (QED) is 0.929. The van der Waals surface area contributed by atoms with Gasteiger partial charge in [-0.3, -0.25) is 0 Å². The van der Waals surface area contributed by atoms with Crippen molar-refractivity contribution < 1.29 is 9.90 Å². The van der Waals surface area contributed by atoms with Crippen LogP contribution in [0.15, 0.2) is 36.4 Å². The van der Waals surface area contributed by atoms with Crippen LogP contribution >= 0.6 is 0 Å². The van der Waals surface area contributed by atoms with Crippen LogP contribution in [0.1, 0.15) is 53.0 Å². The number of aromatic nitrogens is 1. The molecule has 1 N–H and O–H groups in total. The average Bonchev–Trinajstić information content (AvgIpc) is 3.39. The first-order chi connectivity index (χ1) is 11.6. The van der Waals surface area contributed by atoms with E-state index in [-0.39, 0.29) is 5.69 Å². The fourth-order valence-corrected chi connectivity index (χ4v) is 3.68. The van der Waals surface area contributed by atoms with Crippen molar-refractivity contribution in [3.05, 3.63) is 58.9 Å². The first-order valence-electron chi connectivity index (χ1n) is 8.67. The molecule has 1 atom stereocenters. The first kappa shape index (κ1) is 15.2. The zero-order chi connectivity index (χ0) is 16.7. The number of carboxylic acid groups (broad SMARTS) is 1. The van der Waals surface area contributed by atoms with Crippen molar-refractivity contribution in [1.29, 1.82) is 0 Å². The predicted octanol–water partition coefficient (Wildman–Crippen LogP) is 3.86. The molecule has 0 bridgehead atoms. The van der Waals surface area contributed by atoms with E-state index in [2.05, 4.69) is 47.1 Å². The highest BCUT2D eigenvalue weighted by molar-refractivity contribution is 5.85. The van der Waals surface area contributed by atoms with Crippen LogP contribution in [0.25, 0.3) is 0 Å². The number of para-hydroxylation sites is 1. The van der Waals surface area contributed by atoms with Crippen molar-refractivity contribution in [3.8, 4) is 0 Å². The Labute approximate surface area is 142 Å². The summed E-state index contributed by atoms with van der Waals surface area (Å²) in [5.41, 5.74) is 4.83. The van der Waals surface area contributed by atoms with Gasteiger partial charge in [-0.25, -0.2) is 9.78 Å². The molecule has 4 rings (SSSR count). The van der Waals surface area contributed by atoms with Crippen LogP contribution in [0.4, 0.5) is 5.69 Å². The molecule has 0 spiro atoms. The highest BCUT2D eigenvalue weighted by Gasteiger charge is 2.27. The van der Waals surface area contributed by atoms with Crippen LogP contribution in [-0.2, 0) is 13.0 Å². The van der Waals surface area contributed by atoms with E-state index in [1.54, 1.807) is 6.07 Å². The summed E-state index contributed by atoms with van der Waals surface area (Å²) in [4.78, 5) is 18.1. The standard InChI is InChI=1S/C20H22N2O2/c1-13-8-16-4-2-3-5-19(16)22(11-13)12-14-9-17(15-6-7-15)21-18(10-14)20(23)24/h2-5,9-10,13,15H,6-8,11-12H2,1H3,(H,23,24). The second-order valence-corrected chi connectivity index (χ2v) is 7.18. The lowest BCUT2D eigenvalue weighted by molar-refractivity contribution is 0.0690. The van der Waals surface area contributed by atoms with Crippen LogP contribution in [0.3, 0.4) is 0 Å². The molecule has 1 unspecified atom stereocenters. The lowest BCUT2D eigenvalue weighted by Crippen LogP contribution is -2.33. The molecule has 2 heterocycles. The summed E-state index contributed by atoms with van der Waals surface area (Å²) in [5, 5.41) is 9.37. The Hall–Kier alpha value is -2.36. The van der Waals surface area contributed by atoms with E-state index >= 15 is 0 Å². The molecule has 124 valence electrons. The maximum absolute atomic E-state index is 11.4. The maximum Gasteiger partial charge on any atom is 0.354 e. The van der Waals surface area contributed by atoms with E-state index in [1.807, 2.05) is 0 Å². The second-order valence-electron chi connectivity index (χ2n) is 7.18. The molecule has 2 aliphatic rings. The summed E-state index contributed by atoms with van der Waals surface area (Å²) in [5.74, 6) is 0.116. The minimum Gasteiger partial charge on any atom is -0.477 e. The number of carbonyl (C=O) groups is 1. The molecule has 1 fully saturated rings. The molecular formula is C20H22N2O2. The number of carboxylic acids is 1. The van der Waals surface area contributed by atoms with Gasteiger partial charge in [0.15, 0.2) is 0 Å².